The molecule has 1 saturated carbocycles. The average molecular weight is 476 g/mol. The Hall–Kier alpha value is -2.34. The quantitative estimate of drug-likeness (QED) is 0.446. The third kappa shape index (κ3) is 4.70. The zero-order valence-corrected chi connectivity index (χ0v) is 20.1. The SMILES string of the molecule is CSc1cnn2c(Nc3ccc(S(=O)(=O)N(C)C)cc3)cc(NC3CCC(N)CC3)nc12. The summed E-state index contributed by atoms with van der Waals surface area (Å²) >= 11 is 1.59. The second-order valence-corrected chi connectivity index (χ2v) is 11.2. The van der Waals surface area contributed by atoms with Gasteiger partial charge in [0.2, 0.25) is 10.0 Å². The van der Waals surface area contributed by atoms with Gasteiger partial charge in [-0.15, -0.1) is 11.8 Å². The van der Waals surface area contributed by atoms with Gasteiger partial charge in [0.25, 0.3) is 0 Å². The average Bonchev–Trinajstić information content (AvgIpc) is 3.19. The Balaban J connectivity index is 1.63. The van der Waals surface area contributed by atoms with E-state index in [1.54, 1.807) is 46.7 Å². The van der Waals surface area contributed by atoms with Gasteiger partial charge in [0.15, 0.2) is 5.65 Å². The van der Waals surface area contributed by atoms with Crippen molar-refractivity contribution >= 4 is 44.8 Å². The van der Waals surface area contributed by atoms with E-state index < -0.39 is 10.0 Å². The zero-order valence-electron chi connectivity index (χ0n) is 18.4. The Morgan fingerprint density at radius 3 is 2.47 bits per heavy atom. The summed E-state index contributed by atoms with van der Waals surface area (Å²) in [5.41, 5.74) is 7.57. The number of nitrogens with zero attached hydrogens (tertiary/aromatic N) is 4. The molecule has 1 aromatic carbocycles. The maximum absolute atomic E-state index is 12.3. The summed E-state index contributed by atoms with van der Waals surface area (Å²) in [5, 5.41) is 11.4. The van der Waals surface area contributed by atoms with Gasteiger partial charge in [-0.05, 0) is 56.2 Å². The smallest absolute Gasteiger partial charge is 0.242 e. The summed E-state index contributed by atoms with van der Waals surface area (Å²) in [6, 6.07) is 9.25. The highest BCUT2D eigenvalue weighted by Gasteiger charge is 2.20. The summed E-state index contributed by atoms with van der Waals surface area (Å²) < 4.78 is 27.6. The van der Waals surface area contributed by atoms with Crippen LogP contribution in [0.3, 0.4) is 0 Å². The van der Waals surface area contributed by atoms with Gasteiger partial charge in [-0.25, -0.2) is 17.7 Å². The minimum atomic E-state index is -3.47. The lowest BCUT2D eigenvalue weighted by Gasteiger charge is -2.27. The van der Waals surface area contributed by atoms with Crippen LogP contribution in [0.2, 0.25) is 0 Å². The Bertz CT molecular complexity index is 1180. The molecule has 1 aliphatic carbocycles. The number of nitrogens with one attached hydrogen (secondary N) is 2. The zero-order chi connectivity index (χ0) is 22.9. The Morgan fingerprint density at radius 1 is 1.16 bits per heavy atom. The van der Waals surface area contributed by atoms with Gasteiger partial charge in [-0.3, -0.25) is 0 Å². The molecule has 2 heterocycles. The largest absolute Gasteiger partial charge is 0.367 e. The molecule has 0 amide bonds. The fourth-order valence-corrected chi connectivity index (χ4v) is 5.16. The molecule has 32 heavy (non-hydrogen) atoms. The van der Waals surface area contributed by atoms with Gasteiger partial charge in [-0.2, -0.15) is 9.61 Å². The molecule has 4 N–H and O–H groups in total. The number of fused-ring (bicyclic) bond motifs is 1. The van der Waals surface area contributed by atoms with E-state index in [1.807, 2.05) is 12.3 Å². The highest BCUT2D eigenvalue weighted by atomic mass is 32.2. The van der Waals surface area contributed by atoms with Crippen LogP contribution >= 0.6 is 11.8 Å². The molecule has 0 radical (unpaired) electrons. The number of aromatic nitrogens is 3. The number of rotatable bonds is 7. The monoisotopic (exact) mass is 475 g/mol. The van der Waals surface area contributed by atoms with E-state index in [1.165, 1.54) is 18.4 Å². The van der Waals surface area contributed by atoms with Crippen LogP contribution in [0.4, 0.5) is 17.3 Å². The topological polar surface area (TPSA) is 118 Å². The number of sulfonamides is 1. The van der Waals surface area contributed by atoms with E-state index in [0.717, 1.165) is 53.5 Å². The molecule has 0 atom stereocenters. The van der Waals surface area contributed by atoms with Crippen molar-refractivity contribution in [3.63, 3.8) is 0 Å². The summed E-state index contributed by atoms with van der Waals surface area (Å²) in [5.74, 6) is 1.52. The van der Waals surface area contributed by atoms with Gasteiger partial charge >= 0.3 is 0 Å². The number of thioether (sulfide) groups is 1. The normalized spacial score (nSPS) is 19.4. The van der Waals surface area contributed by atoms with Gasteiger partial charge in [-0.1, -0.05) is 0 Å². The van der Waals surface area contributed by atoms with Crippen LogP contribution in [-0.4, -0.2) is 59.8 Å². The van der Waals surface area contributed by atoms with Crippen molar-refractivity contribution in [2.24, 2.45) is 5.73 Å². The van der Waals surface area contributed by atoms with Crippen LogP contribution in [0.25, 0.3) is 5.65 Å². The summed E-state index contributed by atoms with van der Waals surface area (Å²) in [6.45, 7) is 0. The summed E-state index contributed by atoms with van der Waals surface area (Å²) in [7, 11) is -0.435. The number of nitrogens with two attached hydrogens (primary N) is 1. The molecule has 0 saturated heterocycles. The van der Waals surface area contributed by atoms with Gasteiger partial charge in [0.05, 0.1) is 16.0 Å². The van der Waals surface area contributed by atoms with Crippen LogP contribution in [0, 0.1) is 0 Å². The highest BCUT2D eigenvalue weighted by molar-refractivity contribution is 7.98. The van der Waals surface area contributed by atoms with Crippen molar-refractivity contribution in [2.75, 3.05) is 31.0 Å². The van der Waals surface area contributed by atoms with Crippen molar-refractivity contribution in [1.82, 2.24) is 18.9 Å². The molecule has 4 rings (SSSR count). The van der Waals surface area contributed by atoms with Crippen molar-refractivity contribution < 1.29 is 8.42 Å². The molecule has 172 valence electrons. The lowest BCUT2D eigenvalue weighted by Crippen LogP contribution is -2.33. The molecule has 9 nitrogen and oxygen atoms in total. The minimum Gasteiger partial charge on any atom is -0.367 e. The first-order chi connectivity index (χ1) is 15.3. The lowest BCUT2D eigenvalue weighted by molar-refractivity contribution is 0.410. The van der Waals surface area contributed by atoms with Gasteiger partial charge < -0.3 is 16.4 Å². The molecule has 3 aromatic rings. The highest BCUT2D eigenvalue weighted by Crippen LogP contribution is 2.28. The Labute approximate surface area is 192 Å². The van der Waals surface area contributed by atoms with E-state index in [0.29, 0.717) is 6.04 Å². The number of hydrogen-bond acceptors (Lipinski definition) is 8. The molecule has 0 bridgehead atoms. The van der Waals surface area contributed by atoms with Crippen LogP contribution in [0.15, 0.2) is 46.3 Å². The first-order valence-electron chi connectivity index (χ1n) is 10.5. The Kier molecular flexibility index (Phi) is 6.61. The summed E-state index contributed by atoms with van der Waals surface area (Å²) in [6.07, 6.45) is 7.86. The first kappa shape index (κ1) is 22.8. The Morgan fingerprint density at radius 2 is 1.84 bits per heavy atom. The number of hydrogen-bond donors (Lipinski definition) is 3. The molecule has 1 aliphatic rings. The van der Waals surface area contributed by atoms with Gasteiger partial charge in [0.1, 0.15) is 11.6 Å². The van der Waals surface area contributed by atoms with Crippen LogP contribution in [-0.2, 0) is 10.0 Å². The number of anilines is 3. The fraction of sp³-hybridized carbons (Fsp3) is 0.429. The molecular weight excluding hydrogens is 446 g/mol. The van der Waals surface area contributed by atoms with E-state index in [-0.39, 0.29) is 10.9 Å². The van der Waals surface area contributed by atoms with E-state index in [2.05, 4.69) is 15.7 Å². The van der Waals surface area contributed by atoms with Crippen molar-refractivity contribution in [3.8, 4) is 0 Å². The predicted molar refractivity (Wildman–Crippen MR) is 129 cm³/mol. The van der Waals surface area contributed by atoms with E-state index in [4.69, 9.17) is 10.7 Å². The second-order valence-electron chi connectivity index (χ2n) is 8.17. The van der Waals surface area contributed by atoms with E-state index in [9.17, 15) is 8.42 Å². The predicted octanol–water partition coefficient (Wildman–Crippen LogP) is 3.13. The van der Waals surface area contributed by atoms with Crippen LogP contribution < -0.4 is 16.4 Å². The first-order valence-corrected chi connectivity index (χ1v) is 13.2. The molecule has 0 unspecified atom stereocenters. The molecular formula is C21H29N7O2S2. The lowest BCUT2D eigenvalue weighted by atomic mass is 9.92. The molecule has 2 aromatic heterocycles. The maximum atomic E-state index is 12.3. The molecule has 11 heteroatoms. The number of benzene rings is 1. The van der Waals surface area contributed by atoms with Gasteiger partial charge in [0, 0.05) is 37.9 Å². The standard InChI is InChI=1S/C21H29N7O2S2/c1-27(2)32(29,30)17-10-8-16(9-11-17)25-20-12-19(24-15-6-4-14(22)5-7-15)26-21-18(31-3)13-23-28(20)21/h8-15,25H,4-7,22H2,1-3H3,(H,24,26). The third-order valence-corrected chi connectivity index (χ3v) is 8.25. The van der Waals surface area contributed by atoms with Crippen LogP contribution in [0.1, 0.15) is 25.7 Å². The fourth-order valence-electron chi connectivity index (χ4n) is 3.79. The maximum Gasteiger partial charge on any atom is 0.242 e. The second kappa shape index (κ2) is 9.26. The van der Waals surface area contributed by atoms with Crippen LogP contribution in [0.5, 0.6) is 0 Å². The molecule has 0 aliphatic heterocycles. The molecule has 0 spiro atoms. The van der Waals surface area contributed by atoms with Crippen molar-refractivity contribution in [2.45, 2.75) is 47.6 Å². The van der Waals surface area contributed by atoms with E-state index >= 15 is 0 Å². The van der Waals surface area contributed by atoms with Crippen molar-refractivity contribution in [1.29, 1.82) is 0 Å². The third-order valence-electron chi connectivity index (χ3n) is 5.69. The minimum absolute atomic E-state index is 0.245. The summed E-state index contributed by atoms with van der Waals surface area (Å²) in [4.78, 5) is 6.03. The molecule has 1 fully saturated rings. The van der Waals surface area contributed by atoms with Crippen molar-refractivity contribution in [3.05, 3.63) is 36.5 Å².